The Balaban J connectivity index is 2.03. The largest absolute Gasteiger partial charge is 0.389 e. The van der Waals surface area contributed by atoms with Crippen LogP contribution in [0.1, 0.15) is 32.1 Å². The molecule has 100 valence electrons. The Morgan fingerprint density at radius 3 is 2.53 bits per heavy atom. The number of alkyl halides is 3. The third kappa shape index (κ3) is 7.20. The van der Waals surface area contributed by atoms with Crippen molar-refractivity contribution in [1.29, 1.82) is 0 Å². The van der Waals surface area contributed by atoms with E-state index in [9.17, 15) is 18.0 Å². The third-order valence-electron chi connectivity index (χ3n) is 2.97. The van der Waals surface area contributed by atoms with Gasteiger partial charge in [-0.3, -0.25) is 4.79 Å². The van der Waals surface area contributed by atoms with E-state index in [2.05, 4.69) is 10.6 Å². The molecular formula is C11H19F3N2O. The van der Waals surface area contributed by atoms with Crippen molar-refractivity contribution in [3.8, 4) is 0 Å². The fourth-order valence-corrected chi connectivity index (χ4v) is 1.93. The molecule has 1 aliphatic rings. The van der Waals surface area contributed by atoms with Crippen LogP contribution in [-0.4, -0.2) is 31.7 Å². The molecule has 0 bridgehead atoms. The van der Waals surface area contributed by atoms with Crippen LogP contribution in [0.5, 0.6) is 0 Å². The molecular weight excluding hydrogens is 233 g/mol. The van der Waals surface area contributed by atoms with Gasteiger partial charge in [0.15, 0.2) is 0 Å². The number of hydrogen-bond acceptors (Lipinski definition) is 2. The van der Waals surface area contributed by atoms with Crippen molar-refractivity contribution in [3.63, 3.8) is 0 Å². The summed E-state index contributed by atoms with van der Waals surface area (Å²) in [6.07, 6.45) is -2.72. The first-order chi connectivity index (χ1) is 7.97. The van der Waals surface area contributed by atoms with E-state index >= 15 is 0 Å². The molecule has 1 aliphatic heterocycles. The lowest BCUT2D eigenvalue weighted by Gasteiger charge is -2.22. The molecule has 1 fully saturated rings. The number of rotatable bonds is 5. The highest BCUT2D eigenvalue weighted by Gasteiger charge is 2.27. The number of nitrogens with one attached hydrogen (secondary N) is 2. The van der Waals surface area contributed by atoms with Crippen LogP contribution in [0.4, 0.5) is 13.2 Å². The van der Waals surface area contributed by atoms with Crippen LogP contribution < -0.4 is 10.6 Å². The second kappa shape index (κ2) is 6.83. The molecule has 0 atom stereocenters. The van der Waals surface area contributed by atoms with Crippen molar-refractivity contribution in [2.24, 2.45) is 5.92 Å². The monoisotopic (exact) mass is 252 g/mol. The molecule has 0 unspecified atom stereocenters. The second-order valence-corrected chi connectivity index (χ2v) is 4.45. The number of carbonyl (C=O) groups is 1. The van der Waals surface area contributed by atoms with E-state index in [4.69, 9.17) is 0 Å². The van der Waals surface area contributed by atoms with E-state index in [0.717, 1.165) is 32.4 Å². The van der Waals surface area contributed by atoms with Gasteiger partial charge in [0.1, 0.15) is 0 Å². The van der Waals surface area contributed by atoms with Gasteiger partial charge in [-0.25, -0.2) is 0 Å². The molecule has 1 saturated heterocycles. The maximum Gasteiger partial charge on any atom is 0.389 e. The SMILES string of the molecule is O=C(CCC(F)(F)F)NCCC1CCNCC1. The van der Waals surface area contributed by atoms with Crippen LogP contribution in [0, 0.1) is 5.92 Å². The predicted octanol–water partition coefficient (Wildman–Crippen LogP) is 1.83. The van der Waals surface area contributed by atoms with Crippen LogP contribution in [0.25, 0.3) is 0 Å². The zero-order valence-corrected chi connectivity index (χ0v) is 9.78. The van der Waals surface area contributed by atoms with Gasteiger partial charge in [-0.15, -0.1) is 0 Å². The van der Waals surface area contributed by atoms with Crippen LogP contribution in [-0.2, 0) is 4.79 Å². The standard InChI is InChI=1S/C11H19F3N2O/c12-11(13,14)5-1-10(17)16-8-4-9-2-6-15-7-3-9/h9,15H,1-8H2,(H,16,17). The Morgan fingerprint density at radius 1 is 1.29 bits per heavy atom. The van der Waals surface area contributed by atoms with Crippen LogP contribution in [0.15, 0.2) is 0 Å². The van der Waals surface area contributed by atoms with Crippen molar-refractivity contribution in [2.75, 3.05) is 19.6 Å². The van der Waals surface area contributed by atoms with Gasteiger partial charge in [-0.1, -0.05) is 0 Å². The first-order valence-corrected chi connectivity index (χ1v) is 6.01. The first kappa shape index (κ1) is 14.3. The second-order valence-electron chi connectivity index (χ2n) is 4.45. The number of carbonyl (C=O) groups excluding carboxylic acids is 1. The maximum absolute atomic E-state index is 11.8. The summed E-state index contributed by atoms with van der Waals surface area (Å²) in [6, 6.07) is 0. The highest BCUT2D eigenvalue weighted by atomic mass is 19.4. The van der Waals surface area contributed by atoms with Gasteiger partial charge in [-0.05, 0) is 38.3 Å². The van der Waals surface area contributed by atoms with Crippen molar-refractivity contribution >= 4 is 5.91 Å². The zero-order chi connectivity index (χ0) is 12.7. The molecule has 1 amide bonds. The van der Waals surface area contributed by atoms with Crippen molar-refractivity contribution in [2.45, 2.75) is 38.3 Å². The van der Waals surface area contributed by atoms with Crippen molar-refractivity contribution < 1.29 is 18.0 Å². The zero-order valence-electron chi connectivity index (χ0n) is 9.78. The lowest BCUT2D eigenvalue weighted by atomic mass is 9.95. The van der Waals surface area contributed by atoms with E-state index in [0.29, 0.717) is 12.5 Å². The van der Waals surface area contributed by atoms with Crippen LogP contribution >= 0.6 is 0 Å². The quantitative estimate of drug-likeness (QED) is 0.784. The molecule has 0 aliphatic carbocycles. The van der Waals surface area contributed by atoms with E-state index in [1.54, 1.807) is 0 Å². The highest BCUT2D eigenvalue weighted by molar-refractivity contribution is 5.75. The molecule has 0 saturated carbocycles. The van der Waals surface area contributed by atoms with Crippen molar-refractivity contribution in [1.82, 2.24) is 10.6 Å². The number of piperidine rings is 1. The summed E-state index contributed by atoms with van der Waals surface area (Å²) in [5, 5.41) is 5.78. The molecule has 1 heterocycles. The minimum atomic E-state index is -4.24. The maximum atomic E-state index is 11.8. The van der Waals surface area contributed by atoms with E-state index < -0.39 is 24.9 Å². The smallest absolute Gasteiger partial charge is 0.356 e. The molecule has 17 heavy (non-hydrogen) atoms. The third-order valence-corrected chi connectivity index (χ3v) is 2.97. The normalized spacial score (nSPS) is 18.1. The van der Waals surface area contributed by atoms with Crippen LogP contribution in [0.2, 0.25) is 0 Å². The Morgan fingerprint density at radius 2 is 1.94 bits per heavy atom. The Kier molecular flexibility index (Phi) is 5.74. The summed E-state index contributed by atoms with van der Waals surface area (Å²) in [5.41, 5.74) is 0. The molecule has 3 nitrogen and oxygen atoms in total. The minimum absolute atomic E-state index is 0.463. The van der Waals surface area contributed by atoms with Gasteiger partial charge in [0.25, 0.3) is 0 Å². The summed E-state index contributed by atoms with van der Waals surface area (Å²) in [6.45, 7) is 2.47. The van der Waals surface area contributed by atoms with Gasteiger partial charge in [0.2, 0.25) is 5.91 Å². The lowest BCUT2D eigenvalue weighted by Crippen LogP contribution is -2.31. The van der Waals surface area contributed by atoms with Crippen LogP contribution in [0.3, 0.4) is 0 Å². The Bertz CT molecular complexity index is 237. The predicted molar refractivity (Wildman–Crippen MR) is 58.5 cm³/mol. The molecule has 0 aromatic heterocycles. The average molecular weight is 252 g/mol. The minimum Gasteiger partial charge on any atom is -0.356 e. The Hall–Kier alpha value is -0.780. The fourth-order valence-electron chi connectivity index (χ4n) is 1.93. The number of amides is 1. The summed E-state index contributed by atoms with van der Waals surface area (Å²) < 4.78 is 35.5. The van der Waals surface area contributed by atoms with Gasteiger partial charge in [0.05, 0.1) is 6.42 Å². The van der Waals surface area contributed by atoms with E-state index in [1.807, 2.05) is 0 Å². The summed E-state index contributed by atoms with van der Waals surface area (Å²) in [7, 11) is 0. The molecule has 0 radical (unpaired) electrons. The first-order valence-electron chi connectivity index (χ1n) is 6.01. The average Bonchev–Trinajstić information content (AvgIpc) is 2.27. The van der Waals surface area contributed by atoms with Crippen molar-refractivity contribution in [3.05, 3.63) is 0 Å². The highest BCUT2D eigenvalue weighted by Crippen LogP contribution is 2.21. The van der Waals surface area contributed by atoms with E-state index in [-0.39, 0.29) is 0 Å². The Labute approximate surface area is 99.1 Å². The fraction of sp³-hybridized carbons (Fsp3) is 0.909. The summed E-state index contributed by atoms with van der Waals surface area (Å²) >= 11 is 0. The summed E-state index contributed by atoms with van der Waals surface area (Å²) in [5.74, 6) is 0.0791. The molecule has 0 aromatic carbocycles. The van der Waals surface area contributed by atoms with Gasteiger partial charge in [0, 0.05) is 13.0 Å². The van der Waals surface area contributed by atoms with Gasteiger partial charge in [-0.2, -0.15) is 13.2 Å². The lowest BCUT2D eigenvalue weighted by molar-refractivity contribution is -0.144. The molecule has 6 heteroatoms. The van der Waals surface area contributed by atoms with E-state index in [1.165, 1.54) is 0 Å². The topological polar surface area (TPSA) is 41.1 Å². The molecule has 2 N–H and O–H groups in total. The molecule has 0 aromatic rings. The van der Waals surface area contributed by atoms with Gasteiger partial charge >= 0.3 is 6.18 Å². The molecule has 0 spiro atoms. The molecule has 1 rings (SSSR count). The van der Waals surface area contributed by atoms with Gasteiger partial charge < -0.3 is 10.6 Å². The summed E-state index contributed by atoms with van der Waals surface area (Å²) in [4.78, 5) is 11.1. The number of halogens is 3. The number of hydrogen-bond donors (Lipinski definition) is 2.